The first-order valence-electron chi connectivity index (χ1n) is 8.84. The van der Waals surface area contributed by atoms with Crippen molar-refractivity contribution in [1.29, 1.82) is 0 Å². The van der Waals surface area contributed by atoms with Gasteiger partial charge in [0.25, 0.3) is 5.91 Å². The van der Waals surface area contributed by atoms with Gasteiger partial charge >= 0.3 is 0 Å². The van der Waals surface area contributed by atoms with Gasteiger partial charge in [-0.25, -0.2) is 4.98 Å². The minimum atomic E-state index is -0.608. The van der Waals surface area contributed by atoms with Crippen molar-refractivity contribution in [1.82, 2.24) is 19.8 Å². The predicted octanol–water partition coefficient (Wildman–Crippen LogP) is 3.38. The van der Waals surface area contributed by atoms with Gasteiger partial charge in [-0.2, -0.15) is 0 Å². The molecule has 1 amide bonds. The predicted molar refractivity (Wildman–Crippen MR) is 110 cm³/mol. The first kappa shape index (κ1) is 18.9. The molecular weight excluding hydrogens is 396 g/mol. The van der Waals surface area contributed by atoms with E-state index >= 15 is 0 Å². The van der Waals surface area contributed by atoms with Crippen LogP contribution in [0, 0.1) is 0 Å². The molecule has 0 saturated carbocycles. The number of nitrogens with one attached hydrogen (secondary N) is 1. The number of rotatable bonds is 6. The standard InChI is InChI=1S/C20H19ClN4O2S/c21-18-8-7-17(28-18)19(26)22-11-15-12-25(13-23-15)16-5-3-14(4-6-16)20(27)24-9-1-2-10-24/h1-8,12-13,20,27H,9-11H2,(H,22,26). The van der Waals surface area contributed by atoms with Crippen LogP contribution in [0.1, 0.15) is 27.2 Å². The summed E-state index contributed by atoms with van der Waals surface area (Å²) in [4.78, 5) is 19.0. The highest BCUT2D eigenvalue weighted by Crippen LogP contribution is 2.22. The average Bonchev–Trinajstić information content (AvgIpc) is 3.47. The lowest BCUT2D eigenvalue weighted by Gasteiger charge is -2.22. The average molecular weight is 415 g/mol. The molecule has 3 aromatic rings. The zero-order chi connectivity index (χ0) is 19.5. The Hall–Kier alpha value is -2.45. The fourth-order valence-corrected chi connectivity index (χ4v) is 3.97. The number of aromatic nitrogens is 2. The quantitative estimate of drug-likeness (QED) is 0.606. The van der Waals surface area contributed by atoms with E-state index in [1.54, 1.807) is 18.5 Å². The summed E-state index contributed by atoms with van der Waals surface area (Å²) < 4.78 is 2.47. The number of hydrogen-bond donors (Lipinski definition) is 2. The van der Waals surface area contributed by atoms with Gasteiger partial charge in [-0.3, -0.25) is 9.69 Å². The van der Waals surface area contributed by atoms with E-state index in [9.17, 15) is 9.90 Å². The zero-order valence-electron chi connectivity index (χ0n) is 15.0. The van der Waals surface area contributed by atoms with Crippen molar-refractivity contribution in [2.24, 2.45) is 0 Å². The SMILES string of the molecule is O=C(NCc1cn(-c2ccc(C(O)N3CC=CC3)cc2)cn1)c1ccc(Cl)s1. The molecule has 1 aromatic carbocycles. The largest absolute Gasteiger partial charge is 0.374 e. The molecule has 0 aliphatic carbocycles. The number of aliphatic hydroxyl groups is 1. The Morgan fingerprint density at radius 3 is 2.64 bits per heavy atom. The molecule has 2 N–H and O–H groups in total. The van der Waals surface area contributed by atoms with Crippen LogP contribution in [0.5, 0.6) is 0 Å². The van der Waals surface area contributed by atoms with E-state index in [0.717, 1.165) is 30.0 Å². The summed E-state index contributed by atoms with van der Waals surface area (Å²) in [6, 6.07) is 11.1. The summed E-state index contributed by atoms with van der Waals surface area (Å²) in [6.45, 7) is 1.86. The van der Waals surface area contributed by atoms with Crippen LogP contribution in [0.15, 0.2) is 61.1 Å². The van der Waals surface area contributed by atoms with Crippen molar-refractivity contribution in [3.8, 4) is 5.69 Å². The number of carbonyl (C=O) groups excluding carboxylic acids is 1. The zero-order valence-corrected chi connectivity index (χ0v) is 16.5. The third-order valence-corrected chi connectivity index (χ3v) is 5.77. The summed E-state index contributed by atoms with van der Waals surface area (Å²) in [5, 5.41) is 13.3. The Morgan fingerprint density at radius 2 is 1.96 bits per heavy atom. The highest BCUT2D eigenvalue weighted by Gasteiger charge is 2.18. The monoisotopic (exact) mass is 414 g/mol. The maximum atomic E-state index is 12.1. The Balaban J connectivity index is 1.37. The van der Waals surface area contributed by atoms with Crippen molar-refractivity contribution in [3.63, 3.8) is 0 Å². The van der Waals surface area contributed by atoms with E-state index in [2.05, 4.69) is 22.5 Å². The molecule has 1 atom stereocenters. The molecule has 8 heteroatoms. The Labute approximate surface area is 171 Å². The molecule has 4 rings (SSSR count). The molecule has 2 aromatic heterocycles. The highest BCUT2D eigenvalue weighted by molar-refractivity contribution is 7.17. The van der Waals surface area contributed by atoms with Crippen LogP contribution in [0.25, 0.3) is 5.69 Å². The molecule has 0 bridgehead atoms. The second-order valence-electron chi connectivity index (χ2n) is 6.45. The summed E-state index contributed by atoms with van der Waals surface area (Å²) in [7, 11) is 0. The smallest absolute Gasteiger partial charge is 0.261 e. The van der Waals surface area contributed by atoms with Gasteiger partial charge < -0.3 is 15.0 Å². The van der Waals surface area contributed by atoms with Crippen molar-refractivity contribution < 1.29 is 9.90 Å². The van der Waals surface area contributed by atoms with Crippen LogP contribution < -0.4 is 5.32 Å². The van der Waals surface area contributed by atoms with Crippen molar-refractivity contribution in [3.05, 3.63) is 81.5 Å². The summed E-state index contributed by atoms with van der Waals surface area (Å²) in [6.07, 6.45) is 7.08. The Kier molecular flexibility index (Phi) is 5.59. The molecule has 1 aliphatic rings. The summed E-state index contributed by atoms with van der Waals surface area (Å²) in [5.41, 5.74) is 2.54. The van der Waals surface area contributed by atoms with Crippen molar-refractivity contribution in [2.75, 3.05) is 13.1 Å². The number of nitrogens with zero attached hydrogens (tertiary/aromatic N) is 3. The van der Waals surface area contributed by atoms with E-state index in [4.69, 9.17) is 11.6 Å². The van der Waals surface area contributed by atoms with Gasteiger partial charge in [0, 0.05) is 25.0 Å². The number of imidazole rings is 1. The number of aliphatic hydroxyl groups excluding tert-OH is 1. The maximum Gasteiger partial charge on any atom is 0.261 e. The molecule has 0 fully saturated rings. The van der Waals surface area contributed by atoms with Gasteiger partial charge in [0.15, 0.2) is 0 Å². The minimum Gasteiger partial charge on any atom is -0.374 e. The first-order valence-corrected chi connectivity index (χ1v) is 10.0. The van der Waals surface area contributed by atoms with Crippen molar-refractivity contribution in [2.45, 2.75) is 12.8 Å². The van der Waals surface area contributed by atoms with E-state index in [1.165, 1.54) is 11.3 Å². The molecular formula is C20H19ClN4O2S. The van der Waals surface area contributed by atoms with Gasteiger partial charge in [-0.15, -0.1) is 11.3 Å². The van der Waals surface area contributed by atoms with Crippen LogP contribution in [-0.4, -0.2) is 38.6 Å². The molecule has 0 radical (unpaired) electrons. The summed E-state index contributed by atoms with van der Waals surface area (Å²) >= 11 is 7.11. The van der Waals surface area contributed by atoms with E-state index in [1.807, 2.05) is 39.9 Å². The van der Waals surface area contributed by atoms with Gasteiger partial charge in [-0.1, -0.05) is 35.9 Å². The molecule has 3 heterocycles. The number of carbonyl (C=O) groups is 1. The van der Waals surface area contributed by atoms with E-state index in [0.29, 0.717) is 15.8 Å². The van der Waals surface area contributed by atoms with Crippen molar-refractivity contribution >= 4 is 28.8 Å². The van der Waals surface area contributed by atoms with Gasteiger partial charge in [-0.05, 0) is 29.8 Å². The number of benzene rings is 1. The molecule has 0 spiro atoms. The lowest BCUT2D eigenvalue weighted by molar-refractivity contribution is 0.0229. The number of amides is 1. The third-order valence-electron chi connectivity index (χ3n) is 4.54. The lowest BCUT2D eigenvalue weighted by Crippen LogP contribution is -2.25. The maximum absolute atomic E-state index is 12.1. The molecule has 6 nitrogen and oxygen atoms in total. The Bertz CT molecular complexity index is 988. The molecule has 28 heavy (non-hydrogen) atoms. The van der Waals surface area contributed by atoms with Crippen LogP contribution in [-0.2, 0) is 6.54 Å². The third kappa shape index (κ3) is 4.18. The number of thiophene rings is 1. The molecule has 0 saturated heterocycles. The van der Waals surface area contributed by atoms with Crippen LogP contribution in [0.3, 0.4) is 0 Å². The van der Waals surface area contributed by atoms with Crippen LogP contribution in [0.2, 0.25) is 4.34 Å². The fraction of sp³-hybridized carbons (Fsp3) is 0.200. The Morgan fingerprint density at radius 1 is 1.21 bits per heavy atom. The topological polar surface area (TPSA) is 70.4 Å². The first-order chi connectivity index (χ1) is 13.6. The fourth-order valence-electron chi connectivity index (χ4n) is 3.01. The number of halogens is 1. The van der Waals surface area contributed by atoms with Crippen LogP contribution >= 0.6 is 22.9 Å². The normalized spacial score (nSPS) is 15.1. The highest BCUT2D eigenvalue weighted by atomic mass is 35.5. The van der Waals surface area contributed by atoms with Gasteiger partial charge in [0.2, 0.25) is 0 Å². The molecule has 1 aliphatic heterocycles. The van der Waals surface area contributed by atoms with Gasteiger partial charge in [0.05, 0.1) is 27.8 Å². The van der Waals surface area contributed by atoms with Crippen LogP contribution in [0.4, 0.5) is 0 Å². The van der Waals surface area contributed by atoms with Gasteiger partial charge in [0.1, 0.15) is 6.23 Å². The lowest BCUT2D eigenvalue weighted by atomic mass is 10.1. The summed E-state index contributed by atoms with van der Waals surface area (Å²) in [5.74, 6) is -0.166. The van der Waals surface area contributed by atoms with E-state index in [-0.39, 0.29) is 5.91 Å². The van der Waals surface area contributed by atoms with E-state index < -0.39 is 6.23 Å². The molecule has 1 unspecified atom stereocenters. The second-order valence-corrected chi connectivity index (χ2v) is 8.16. The minimum absolute atomic E-state index is 0.166. The number of hydrogen-bond acceptors (Lipinski definition) is 5. The second kappa shape index (κ2) is 8.28. The molecule has 144 valence electrons.